The molecule has 21 heavy (non-hydrogen) atoms. The third-order valence-corrected chi connectivity index (χ3v) is 4.08. The maximum absolute atomic E-state index is 11.9. The van der Waals surface area contributed by atoms with Crippen molar-refractivity contribution in [3.05, 3.63) is 30.2 Å². The van der Waals surface area contributed by atoms with Gasteiger partial charge in [-0.15, -0.1) is 10.2 Å². The number of nitrogens with zero attached hydrogens (tertiary/aromatic N) is 3. The number of fused-ring (bicyclic) bond motifs is 1. The zero-order chi connectivity index (χ0) is 14.7. The average molecular weight is 288 g/mol. The van der Waals surface area contributed by atoms with Crippen molar-refractivity contribution in [1.29, 1.82) is 0 Å². The number of hydrogen-bond acceptors (Lipinski definition) is 4. The first kappa shape index (κ1) is 14.0. The van der Waals surface area contributed by atoms with Crippen LogP contribution in [0, 0.1) is 0 Å². The van der Waals surface area contributed by atoms with Crippen LogP contribution >= 0.6 is 0 Å². The standard InChI is InChI=1S/C15H20N4O2/c20-14(11-15(21)7-2-3-8-15)16-9-6-13-18-17-12-5-1-4-10-19(12)13/h1,4-5,10,21H,2-3,6-9,11H2,(H,16,20). The number of amides is 1. The Balaban J connectivity index is 1.50. The van der Waals surface area contributed by atoms with Gasteiger partial charge >= 0.3 is 0 Å². The van der Waals surface area contributed by atoms with Crippen LogP contribution in [0.2, 0.25) is 0 Å². The van der Waals surface area contributed by atoms with Gasteiger partial charge in [-0.05, 0) is 25.0 Å². The SMILES string of the molecule is O=C(CC1(O)CCCC1)NCCc1nnc2ccccn12. The molecule has 2 heterocycles. The smallest absolute Gasteiger partial charge is 0.222 e. The van der Waals surface area contributed by atoms with E-state index in [1.165, 1.54) is 0 Å². The van der Waals surface area contributed by atoms with Crippen LogP contribution in [0.5, 0.6) is 0 Å². The Labute approximate surface area is 123 Å². The molecule has 2 aromatic heterocycles. The van der Waals surface area contributed by atoms with E-state index >= 15 is 0 Å². The molecule has 1 aliphatic rings. The molecule has 0 atom stereocenters. The van der Waals surface area contributed by atoms with E-state index in [4.69, 9.17) is 0 Å². The molecule has 1 saturated carbocycles. The molecule has 0 radical (unpaired) electrons. The molecule has 0 bridgehead atoms. The van der Waals surface area contributed by atoms with E-state index in [2.05, 4.69) is 15.5 Å². The average Bonchev–Trinajstić information content (AvgIpc) is 3.06. The maximum atomic E-state index is 11.9. The summed E-state index contributed by atoms with van der Waals surface area (Å²) in [6.45, 7) is 0.505. The predicted molar refractivity (Wildman–Crippen MR) is 77.7 cm³/mol. The summed E-state index contributed by atoms with van der Waals surface area (Å²) < 4.78 is 1.91. The van der Waals surface area contributed by atoms with Gasteiger partial charge in [0, 0.05) is 19.2 Å². The molecule has 0 saturated heterocycles. The van der Waals surface area contributed by atoms with Crippen molar-refractivity contribution in [1.82, 2.24) is 19.9 Å². The van der Waals surface area contributed by atoms with E-state index in [-0.39, 0.29) is 12.3 Å². The van der Waals surface area contributed by atoms with E-state index in [1.807, 2.05) is 28.8 Å². The molecule has 0 unspecified atom stereocenters. The van der Waals surface area contributed by atoms with Crippen molar-refractivity contribution >= 4 is 11.6 Å². The number of aromatic nitrogens is 3. The fourth-order valence-electron chi connectivity index (χ4n) is 2.95. The van der Waals surface area contributed by atoms with Crippen molar-refractivity contribution < 1.29 is 9.90 Å². The van der Waals surface area contributed by atoms with Gasteiger partial charge in [0.1, 0.15) is 5.82 Å². The summed E-state index contributed by atoms with van der Waals surface area (Å²) in [6.07, 6.45) is 6.21. The molecule has 2 N–H and O–H groups in total. The number of rotatable bonds is 5. The maximum Gasteiger partial charge on any atom is 0.222 e. The second-order valence-corrected chi connectivity index (χ2v) is 5.75. The summed E-state index contributed by atoms with van der Waals surface area (Å²) in [5.41, 5.74) is 0.0186. The summed E-state index contributed by atoms with van der Waals surface area (Å²) in [5, 5.41) is 21.2. The zero-order valence-electron chi connectivity index (χ0n) is 12.0. The third kappa shape index (κ3) is 3.21. The number of pyridine rings is 1. The summed E-state index contributed by atoms with van der Waals surface area (Å²) in [4.78, 5) is 11.9. The predicted octanol–water partition coefficient (Wildman–Crippen LogP) is 1.08. The normalized spacial score (nSPS) is 17.2. The van der Waals surface area contributed by atoms with Crippen LogP contribution in [0.3, 0.4) is 0 Å². The van der Waals surface area contributed by atoms with Gasteiger partial charge in [-0.3, -0.25) is 9.20 Å². The van der Waals surface area contributed by atoms with Gasteiger partial charge in [0.2, 0.25) is 5.91 Å². The summed E-state index contributed by atoms with van der Waals surface area (Å²) >= 11 is 0. The van der Waals surface area contributed by atoms with Gasteiger partial charge in [0.15, 0.2) is 5.65 Å². The third-order valence-electron chi connectivity index (χ3n) is 4.08. The molecular formula is C15H20N4O2. The van der Waals surface area contributed by atoms with Crippen molar-refractivity contribution in [3.63, 3.8) is 0 Å². The van der Waals surface area contributed by atoms with Gasteiger partial charge in [0.25, 0.3) is 0 Å². The Morgan fingerprint density at radius 1 is 1.33 bits per heavy atom. The summed E-state index contributed by atoms with van der Waals surface area (Å²) in [7, 11) is 0. The zero-order valence-corrected chi connectivity index (χ0v) is 12.0. The lowest BCUT2D eigenvalue weighted by atomic mass is 9.98. The van der Waals surface area contributed by atoms with Crippen molar-refractivity contribution in [2.24, 2.45) is 0 Å². The quantitative estimate of drug-likeness (QED) is 0.863. The van der Waals surface area contributed by atoms with Gasteiger partial charge in [-0.2, -0.15) is 0 Å². The molecule has 0 aromatic carbocycles. The highest BCUT2D eigenvalue weighted by Crippen LogP contribution is 2.32. The molecule has 2 aromatic rings. The Morgan fingerprint density at radius 3 is 2.95 bits per heavy atom. The van der Waals surface area contributed by atoms with E-state index in [9.17, 15) is 9.90 Å². The monoisotopic (exact) mass is 288 g/mol. The van der Waals surface area contributed by atoms with Gasteiger partial charge in [0.05, 0.1) is 12.0 Å². The second kappa shape index (κ2) is 5.81. The molecule has 1 aliphatic carbocycles. The first-order valence-corrected chi connectivity index (χ1v) is 7.44. The van der Waals surface area contributed by atoms with Crippen LogP contribution in [0.15, 0.2) is 24.4 Å². The van der Waals surface area contributed by atoms with Gasteiger partial charge in [-0.25, -0.2) is 0 Å². The number of carbonyl (C=O) groups is 1. The van der Waals surface area contributed by atoms with E-state index < -0.39 is 5.60 Å². The Hall–Kier alpha value is -1.95. The van der Waals surface area contributed by atoms with E-state index in [1.54, 1.807) is 0 Å². The van der Waals surface area contributed by atoms with Crippen LogP contribution < -0.4 is 5.32 Å². The lowest BCUT2D eigenvalue weighted by molar-refractivity contribution is -0.125. The minimum atomic E-state index is -0.786. The number of aliphatic hydroxyl groups is 1. The highest BCUT2D eigenvalue weighted by atomic mass is 16.3. The summed E-state index contributed by atoms with van der Waals surface area (Å²) in [6, 6.07) is 5.73. The number of carbonyl (C=O) groups excluding carboxylic acids is 1. The van der Waals surface area contributed by atoms with Crippen molar-refractivity contribution in [2.45, 2.75) is 44.1 Å². The minimum absolute atomic E-state index is 0.0896. The molecule has 1 amide bonds. The van der Waals surface area contributed by atoms with Crippen LogP contribution in [0.25, 0.3) is 5.65 Å². The lowest BCUT2D eigenvalue weighted by Gasteiger charge is -2.20. The highest BCUT2D eigenvalue weighted by Gasteiger charge is 2.33. The molecule has 1 fully saturated rings. The Morgan fingerprint density at radius 2 is 2.14 bits per heavy atom. The van der Waals surface area contributed by atoms with Gasteiger partial charge in [-0.1, -0.05) is 18.9 Å². The molecular weight excluding hydrogens is 268 g/mol. The number of hydrogen-bond donors (Lipinski definition) is 2. The van der Waals surface area contributed by atoms with Crippen LogP contribution in [-0.4, -0.2) is 37.8 Å². The first-order chi connectivity index (χ1) is 10.2. The molecule has 112 valence electrons. The Kier molecular flexibility index (Phi) is 3.88. The van der Waals surface area contributed by atoms with Crippen LogP contribution in [-0.2, 0) is 11.2 Å². The minimum Gasteiger partial charge on any atom is -0.389 e. The van der Waals surface area contributed by atoms with Gasteiger partial charge < -0.3 is 10.4 Å². The summed E-state index contributed by atoms with van der Waals surface area (Å²) in [5.74, 6) is 0.735. The van der Waals surface area contributed by atoms with E-state index in [0.717, 1.165) is 37.2 Å². The molecule has 0 aliphatic heterocycles. The fraction of sp³-hybridized carbons (Fsp3) is 0.533. The van der Waals surface area contributed by atoms with Crippen LogP contribution in [0.4, 0.5) is 0 Å². The van der Waals surface area contributed by atoms with Crippen molar-refractivity contribution in [2.75, 3.05) is 6.54 Å². The molecule has 3 rings (SSSR count). The van der Waals surface area contributed by atoms with Crippen LogP contribution in [0.1, 0.15) is 37.9 Å². The highest BCUT2D eigenvalue weighted by molar-refractivity contribution is 5.77. The molecule has 6 heteroatoms. The molecule has 0 spiro atoms. The fourth-order valence-corrected chi connectivity index (χ4v) is 2.95. The Bertz CT molecular complexity index is 631. The van der Waals surface area contributed by atoms with Crippen molar-refractivity contribution in [3.8, 4) is 0 Å². The number of nitrogens with one attached hydrogen (secondary N) is 1. The second-order valence-electron chi connectivity index (χ2n) is 5.75. The first-order valence-electron chi connectivity index (χ1n) is 7.44. The largest absolute Gasteiger partial charge is 0.389 e. The lowest BCUT2D eigenvalue weighted by Crippen LogP contribution is -2.35. The molecule has 6 nitrogen and oxygen atoms in total. The topological polar surface area (TPSA) is 79.5 Å². The van der Waals surface area contributed by atoms with E-state index in [0.29, 0.717) is 13.0 Å².